The molecule has 42 heavy (non-hydrogen) atoms. The number of hydrogen-bond donors (Lipinski definition) is 4. The first-order chi connectivity index (χ1) is 19.7. The Hall–Kier alpha value is -3.97. The molecule has 1 aliphatic rings. The lowest BCUT2D eigenvalue weighted by Gasteiger charge is -2.31. The second-order valence-corrected chi connectivity index (χ2v) is 10.4. The SMILES string of the molecule is CCC(NC(=O)[C@@H]1CCCN1C(=O)[C@@H](NC(=O)c1ccc(C(=O)NCCCCC(=O)O)cc1)C(C)C)C(=O)C(F)(F)F. The molecule has 232 valence electrons. The Morgan fingerprint density at radius 1 is 0.976 bits per heavy atom. The molecule has 0 aromatic heterocycles. The first kappa shape index (κ1) is 34.2. The molecule has 1 aromatic rings. The minimum Gasteiger partial charge on any atom is -0.481 e. The molecule has 1 unspecified atom stereocenters. The van der Waals surface area contributed by atoms with Crippen LogP contribution in [0.5, 0.6) is 0 Å². The van der Waals surface area contributed by atoms with Gasteiger partial charge in [-0.1, -0.05) is 20.8 Å². The van der Waals surface area contributed by atoms with Crippen LogP contribution in [0, 0.1) is 5.92 Å². The van der Waals surface area contributed by atoms with Crippen molar-refractivity contribution in [2.75, 3.05) is 13.1 Å². The maximum Gasteiger partial charge on any atom is 0.452 e. The van der Waals surface area contributed by atoms with Crippen molar-refractivity contribution in [3.63, 3.8) is 0 Å². The second kappa shape index (κ2) is 15.3. The van der Waals surface area contributed by atoms with Gasteiger partial charge in [0.1, 0.15) is 12.1 Å². The molecule has 4 N–H and O–H groups in total. The van der Waals surface area contributed by atoms with Crippen LogP contribution in [0.15, 0.2) is 24.3 Å². The average molecular weight is 599 g/mol. The molecule has 14 heteroatoms. The zero-order valence-corrected chi connectivity index (χ0v) is 23.8. The summed E-state index contributed by atoms with van der Waals surface area (Å²) in [5, 5.41) is 16.1. The van der Waals surface area contributed by atoms with Crippen LogP contribution in [0.25, 0.3) is 0 Å². The smallest absolute Gasteiger partial charge is 0.452 e. The monoisotopic (exact) mass is 598 g/mol. The summed E-state index contributed by atoms with van der Waals surface area (Å²) >= 11 is 0. The third-order valence-corrected chi connectivity index (χ3v) is 6.89. The van der Waals surface area contributed by atoms with Crippen molar-refractivity contribution in [1.82, 2.24) is 20.9 Å². The van der Waals surface area contributed by atoms with Gasteiger partial charge in [-0.2, -0.15) is 13.2 Å². The quantitative estimate of drug-likeness (QED) is 0.239. The van der Waals surface area contributed by atoms with Crippen molar-refractivity contribution in [1.29, 1.82) is 0 Å². The Morgan fingerprint density at radius 3 is 2.10 bits per heavy atom. The average Bonchev–Trinajstić information content (AvgIpc) is 3.43. The number of nitrogens with zero attached hydrogens (tertiary/aromatic N) is 1. The number of ketones is 1. The lowest BCUT2D eigenvalue weighted by molar-refractivity contribution is -0.174. The highest BCUT2D eigenvalue weighted by Gasteiger charge is 2.45. The number of aliphatic carboxylic acids is 1. The highest BCUT2D eigenvalue weighted by Crippen LogP contribution is 2.23. The number of carbonyl (C=O) groups excluding carboxylic acids is 5. The molecule has 1 aliphatic heterocycles. The fourth-order valence-corrected chi connectivity index (χ4v) is 4.52. The number of carboxylic acid groups (broad SMARTS) is 1. The van der Waals surface area contributed by atoms with Gasteiger partial charge in [-0.05, 0) is 62.3 Å². The summed E-state index contributed by atoms with van der Waals surface area (Å²) in [6, 6.07) is 1.77. The predicted molar refractivity (Wildman–Crippen MR) is 144 cm³/mol. The number of carbonyl (C=O) groups is 6. The normalized spacial score (nSPS) is 16.5. The van der Waals surface area contributed by atoms with Crippen molar-refractivity contribution in [2.24, 2.45) is 5.92 Å². The van der Waals surface area contributed by atoms with E-state index in [9.17, 15) is 41.9 Å². The molecule has 0 aliphatic carbocycles. The predicted octanol–water partition coefficient (Wildman–Crippen LogP) is 2.44. The molecule has 3 atom stereocenters. The van der Waals surface area contributed by atoms with Crippen molar-refractivity contribution in [2.45, 2.75) is 83.6 Å². The first-order valence-corrected chi connectivity index (χ1v) is 13.8. The number of benzene rings is 1. The van der Waals surface area contributed by atoms with Gasteiger partial charge in [-0.3, -0.25) is 28.8 Å². The van der Waals surface area contributed by atoms with E-state index in [1.807, 2.05) is 0 Å². The second-order valence-electron chi connectivity index (χ2n) is 10.4. The summed E-state index contributed by atoms with van der Waals surface area (Å²) in [6.07, 6.45) is -3.86. The van der Waals surface area contributed by atoms with Gasteiger partial charge < -0.3 is 26.0 Å². The maximum atomic E-state index is 13.4. The molecule has 1 saturated heterocycles. The molecule has 1 aromatic carbocycles. The lowest BCUT2D eigenvalue weighted by atomic mass is 10.0. The Morgan fingerprint density at radius 2 is 1.57 bits per heavy atom. The molecular weight excluding hydrogens is 561 g/mol. The molecule has 11 nitrogen and oxygen atoms in total. The minimum absolute atomic E-state index is 0.00740. The number of unbranched alkanes of at least 4 members (excludes halogenated alkanes) is 1. The van der Waals surface area contributed by atoms with E-state index in [0.717, 1.165) is 0 Å². The van der Waals surface area contributed by atoms with Crippen molar-refractivity contribution < 1.29 is 47.0 Å². The summed E-state index contributed by atoms with van der Waals surface area (Å²) in [6.45, 7) is 5.15. The van der Waals surface area contributed by atoms with Gasteiger partial charge in [0.25, 0.3) is 17.6 Å². The van der Waals surface area contributed by atoms with Gasteiger partial charge in [0.15, 0.2) is 0 Å². The molecule has 0 spiro atoms. The summed E-state index contributed by atoms with van der Waals surface area (Å²) < 4.78 is 38.7. The number of Topliss-reactive ketones (excluding diaryl/α,β-unsaturated/α-hetero) is 1. The molecular formula is C28H37F3N4O7. The third kappa shape index (κ3) is 9.55. The molecule has 0 radical (unpaired) electrons. The maximum absolute atomic E-state index is 13.4. The summed E-state index contributed by atoms with van der Waals surface area (Å²) in [5.74, 6) is -5.84. The van der Waals surface area contributed by atoms with Crippen LogP contribution in [0.3, 0.4) is 0 Å². The summed E-state index contributed by atoms with van der Waals surface area (Å²) in [5.41, 5.74) is 0.445. The van der Waals surface area contributed by atoms with Crippen molar-refractivity contribution in [3.8, 4) is 0 Å². The van der Waals surface area contributed by atoms with E-state index in [-0.39, 0.29) is 36.9 Å². The van der Waals surface area contributed by atoms with Gasteiger partial charge in [-0.15, -0.1) is 0 Å². The summed E-state index contributed by atoms with van der Waals surface area (Å²) in [4.78, 5) is 75.0. The van der Waals surface area contributed by atoms with Crippen LogP contribution in [-0.2, 0) is 19.2 Å². The molecule has 1 fully saturated rings. The Bertz CT molecular complexity index is 1160. The van der Waals surface area contributed by atoms with E-state index in [0.29, 0.717) is 25.8 Å². The minimum atomic E-state index is -5.11. The number of carboxylic acids is 1. The van der Waals surface area contributed by atoms with Crippen LogP contribution in [-0.4, -0.2) is 82.8 Å². The number of halogens is 3. The number of hydrogen-bond acceptors (Lipinski definition) is 6. The van der Waals surface area contributed by atoms with Crippen molar-refractivity contribution in [3.05, 3.63) is 35.4 Å². The summed E-state index contributed by atoms with van der Waals surface area (Å²) in [7, 11) is 0. The van der Waals surface area contributed by atoms with Gasteiger partial charge in [0.05, 0.1) is 6.04 Å². The third-order valence-electron chi connectivity index (χ3n) is 6.89. The molecule has 1 heterocycles. The fourth-order valence-electron chi connectivity index (χ4n) is 4.52. The van der Waals surface area contributed by atoms with Crippen LogP contribution in [0.1, 0.15) is 80.0 Å². The number of rotatable bonds is 14. The molecule has 4 amide bonds. The fraction of sp³-hybridized carbons (Fsp3) is 0.571. The Labute approximate surface area is 241 Å². The van der Waals surface area contributed by atoms with E-state index < -0.39 is 65.6 Å². The van der Waals surface area contributed by atoms with Gasteiger partial charge in [0.2, 0.25) is 11.8 Å². The van der Waals surface area contributed by atoms with Gasteiger partial charge in [-0.25, -0.2) is 0 Å². The molecule has 0 saturated carbocycles. The largest absolute Gasteiger partial charge is 0.481 e. The highest BCUT2D eigenvalue weighted by atomic mass is 19.4. The Balaban J connectivity index is 2.04. The first-order valence-electron chi connectivity index (χ1n) is 13.8. The van der Waals surface area contributed by atoms with Crippen LogP contribution in [0.2, 0.25) is 0 Å². The highest BCUT2D eigenvalue weighted by molar-refractivity contribution is 6.00. The number of amides is 4. The number of alkyl halides is 3. The lowest BCUT2D eigenvalue weighted by Crippen LogP contribution is -2.57. The van der Waals surface area contributed by atoms with Gasteiger partial charge in [0, 0.05) is 30.6 Å². The van der Waals surface area contributed by atoms with Crippen molar-refractivity contribution >= 4 is 35.4 Å². The standard InChI is InChI=1S/C28H37F3N4O7/c1-4-19(23(38)28(29,30)31)33-26(41)20-8-7-15-35(20)27(42)22(16(2)3)34-25(40)18-12-10-17(11-13-18)24(39)32-14-6-5-9-21(36)37/h10-13,16,19-20,22H,4-9,14-15H2,1-3H3,(H,32,39)(H,33,41)(H,34,40)(H,36,37)/t19?,20-,22-/m0/s1. The zero-order valence-electron chi connectivity index (χ0n) is 23.8. The zero-order chi connectivity index (χ0) is 31.6. The van der Waals surface area contributed by atoms with E-state index in [1.54, 1.807) is 13.8 Å². The molecule has 0 bridgehead atoms. The topological polar surface area (TPSA) is 162 Å². The molecule has 2 rings (SSSR count). The van der Waals surface area contributed by atoms with E-state index in [4.69, 9.17) is 5.11 Å². The number of nitrogens with one attached hydrogen (secondary N) is 3. The Kier molecular flexibility index (Phi) is 12.5. The van der Waals surface area contributed by atoms with E-state index in [2.05, 4.69) is 16.0 Å². The van der Waals surface area contributed by atoms with E-state index in [1.165, 1.54) is 36.1 Å². The number of likely N-dealkylation sites (tertiary alicyclic amines) is 1. The van der Waals surface area contributed by atoms with Crippen LogP contribution in [0.4, 0.5) is 13.2 Å². The van der Waals surface area contributed by atoms with E-state index >= 15 is 0 Å². The van der Waals surface area contributed by atoms with Gasteiger partial charge >= 0.3 is 12.1 Å². The van der Waals surface area contributed by atoms with Crippen LogP contribution < -0.4 is 16.0 Å². The van der Waals surface area contributed by atoms with Crippen LogP contribution >= 0.6 is 0 Å².